The Hall–Kier alpha value is -8.00. The van der Waals surface area contributed by atoms with Crippen LogP contribution in [0, 0.1) is 58.4 Å². The van der Waals surface area contributed by atoms with Crippen molar-refractivity contribution in [2.24, 2.45) is 11.8 Å². The van der Waals surface area contributed by atoms with Crippen LogP contribution in [-0.2, 0) is 20.0 Å². The van der Waals surface area contributed by atoms with Gasteiger partial charge in [0.1, 0.15) is 80.3 Å². The van der Waals surface area contributed by atoms with Crippen LogP contribution in [0.1, 0.15) is 71.4 Å². The second-order valence-corrected chi connectivity index (χ2v) is 20.7. The molecule has 4 aromatic carbocycles. The second kappa shape index (κ2) is 19.8. The maximum atomic E-state index is 15.4. The number of aromatic amines is 2. The first-order valence-corrected chi connectivity index (χ1v) is 25.3. The number of halogens is 8. The number of nitrogens with one attached hydrogen (secondary N) is 6. The van der Waals surface area contributed by atoms with E-state index in [1.807, 2.05) is 13.8 Å². The van der Waals surface area contributed by atoms with E-state index in [0.29, 0.717) is 72.0 Å². The molecule has 26 heteroatoms. The Bertz CT molecular complexity index is 3550. The summed E-state index contributed by atoms with van der Waals surface area (Å²) in [5.74, 6) is -11.0. The summed E-state index contributed by atoms with van der Waals surface area (Å²) in [5, 5.41) is 6.85. The summed E-state index contributed by atoms with van der Waals surface area (Å²) in [6, 6.07) is 6.34. The van der Waals surface area contributed by atoms with Gasteiger partial charge in [-0.25, -0.2) is 71.9 Å². The third kappa shape index (κ3) is 10.2. The van der Waals surface area contributed by atoms with Crippen LogP contribution in [0.2, 0.25) is 0 Å². The van der Waals surface area contributed by atoms with Gasteiger partial charge in [0.15, 0.2) is 11.6 Å². The van der Waals surface area contributed by atoms with E-state index in [1.54, 1.807) is 9.44 Å². The van der Waals surface area contributed by atoms with Gasteiger partial charge in [-0.05, 0) is 112 Å². The largest absolute Gasteiger partial charge is 0.367 e. The molecule has 10 rings (SSSR count). The lowest BCUT2D eigenvalue weighted by atomic mass is 10.0. The Morgan fingerprint density at radius 3 is 1.27 bits per heavy atom. The third-order valence-corrected chi connectivity index (χ3v) is 15.1. The fourth-order valence-corrected chi connectivity index (χ4v) is 10.4. The van der Waals surface area contributed by atoms with E-state index in [9.17, 15) is 52.8 Å². The Morgan fingerprint density at radius 2 is 0.905 bits per heavy atom. The average Bonchev–Trinajstić information content (AvgIpc) is 4.30. The van der Waals surface area contributed by atoms with E-state index in [-0.39, 0.29) is 45.3 Å². The van der Waals surface area contributed by atoms with Gasteiger partial charge >= 0.3 is 0 Å². The van der Waals surface area contributed by atoms with E-state index in [2.05, 4.69) is 40.5 Å². The number of ketones is 2. The van der Waals surface area contributed by atoms with Gasteiger partial charge in [-0.15, -0.1) is 0 Å². The normalized spacial score (nSPS) is 14.5. The lowest BCUT2D eigenvalue weighted by Crippen LogP contribution is -2.19. The number of hydrogen-bond acceptors (Lipinski definition) is 12. The summed E-state index contributed by atoms with van der Waals surface area (Å²) in [7, 11) is -9.66. The van der Waals surface area contributed by atoms with Crippen molar-refractivity contribution in [3.63, 3.8) is 0 Å². The number of carbonyl (C=O) groups excluding carboxylic acids is 2. The Kier molecular flexibility index (Phi) is 13.6. The third-order valence-electron chi connectivity index (χ3n) is 12.3. The smallest absolute Gasteiger partial charge is 0.265 e. The SMILES string of the molecule is C[C@@H](Nc1ncnc2[nH]cc(C(=O)c3c(F)ccc(NS(=O)(=O)c4cc(F)ccc4F)c3F)c12)C1CC1.C[C@H](Nc1ncnc2[nH]cc(C(=O)c3c(F)ccc(NS(=O)(=O)c4cc(F)ccc4F)c3F)c12)C1CC1. The standard InChI is InChI=1S/2C24H19F4N5O3S/c2*1-11(12-2-3-12)32-24-19-14(9-29-23(19)30-10-31-24)22(34)20-16(27)6-7-17(21(20)28)33-37(35,36)18-8-13(25)4-5-15(18)26/h2*4-12,33H,2-3H2,1H3,(H2,29,30,31,32)/t2*11-/m10/s1. The number of H-pyrrole nitrogens is 2. The molecule has 0 radical (unpaired) electrons. The van der Waals surface area contributed by atoms with Crippen molar-refractivity contribution in [3.05, 3.63) is 155 Å². The molecule has 16 nitrogen and oxygen atoms in total. The van der Waals surface area contributed by atoms with Crippen LogP contribution in [0.4, 0.5) is 58.1 Å². The van der Waals surface area contributed by atoms with Crippen LogP contribution in [0.3, 0.4) is 0 Å². The molecule has 2 atom stereocenters. The van der Waals surface area contributed by atoms with E-state index in [4.69, 9.17) is 0 Å². The molecule has 4 heterocycles. The zero-order chi connectivity index (χ0) is 53.0. The summed E-state index contributed by atoms with van der Waals surface area (Å²) in [6.07, 6.45) is 9.17. The maximum absolute atomic E-state index is 15.4. The zero-order valence-electron chi connectivity index (χ0n) is 38.3. The average molecular weight is 1070 g/mol. The van der Waals surface area contributed by atoms with E-state index in [0.717, 1.165) is 37.8 Å². The molecule has 2 fully saturated rings. The molecule has 2 aliphatic rings. The minimum atomic E-state index is -4.83. The lowest BCUT2D eigenvalue weighted by Gasteiger charge is -2.15. The zero-order valence-corrected chi connectivity index (χ0v) is 39.9. The molecule has 0 saturated heterocycles. The monoisotopic (exact) mass is 1070 g/mol. The van der Waals surface area contributed by atoms with Gasteiger partial charge in [0, 0.05) is 24.5 Å². The second-order valence-electron chi connectivity index (χ2n) is 17.4. The van der Waals surface area contributed by atoms with Gasteiger partial charge in [0.2, 0.25) is 11.6 Å². The number of anilines is 4. The number of rotatable bonds is 16. The van der Waals surface area contributed by atoms with Crippen LogP contribution < -0.4 is 20.1 Å². The molecule has 0 amide bonds. The van der Waals surface area contributed by atoms with Gasteiger partial charge in [0.05, 0.1) is 44.4 Å². The number of sulfonamides is 2. The molecule has 384 valence electrons. The maximum Gasteiger partial charge on any atom is 0.265 e. The topological polar surface area (TPSA) is 234 Å². The van der Waals surface area contributed by atoms with Gasteiger partial charge in [-0.1, -0.05) is 0 Å². The van der Waals surface area contributed by atoms with Gasteiger partial charge in [0.25, 0.3) is 20.0 Å². The molecule has 0 unspecified atom stereocenters. The minimum Gasteiger partial charge on any atom is -0.367 e. The van der Waals surface area contributed by atoms with Crippen molar-refractivity contribution >= 4 is 76.7 Å². The van der Waals surface area contributed by atoms with Gasteiger partial charge in [-0.2, -0.15) is 0 Å². The highest BCUT2D eigenvalue weighted by atomic mass is 32.2. The highest BCUT2D eigenvalue weighted by molar-refractivity contribution is 7.93. The fraction of sp³-hybridized carbons (Fsp3) is 0.208. The van der Waals surface area contributed by atoms with Crippen molar-refractivity contribution in [1.29, 1.82) is 0 Å². The fourth-order valence-electron chi connectivity index (χ4n) is 8.08. The number of aromatic nitrogens is 6. The Balaban J connectivity index is 0.000000182. The molecular formula is C48H38F8N10O6S2. The number of fused-ring (bicyclic) bond motifs is 2. The number of benzene rings is 4. The molecule has 0 aliphatic heterocycles. The van der Waals surface area contributed by atoms with Crippen LogP contribution in [-0.4, -0.2) is 70.4 Å². The highest BCUT2D eigenvalue weighted by Crippen LogP contribution is 2.38. The summed E-state index contributed by atoms with van der Waals surface area (Å²) < 4.78 is 169. The minimum absolute atomic E-state index is 0.0328. The Labute approximate surface area is 414 Å². The van der Waals surface area contributed by atoms with Crippen molar-refractivity contribution in [2.75, 3.05) is 20.1 Å². The molecular weight excluding hydrogens is 1030 g/mol. The van der Waals surface area contributed by atoms with Crippen molar-refractivity contribution in [1.82, 2.24) is 29.9 Å². The predicted octanol–water partition coefficient (Wildman–Crippen LogP) is 9.51. The molecule has 4 aromatic heterocycles. The first-order valence-electron chi connectivity index (χ1n) is 22.3. The van der Waals surface area contributed by atoms with Crippen molar-refractivity contribution < 1.29 is 61.5 Å². The molecule has 0 spiro atoms. The molecule has 0 bridgehead atoms. The van der Waals surface area contributed by atoms with Gasteiger partial charge < -0.3 is 20.6 Å². The lowest BCUT2D eigenvalue weighted by molar-refractivity contribution is 0.102. The summed E-state index contributed by atoms with van der Waals surface area (Å²) in [5.41, 5.74) is -3.54. The number of carbonyl (C=O) groups is 2. The van der Waals surface area contributed by atoms with Crippen LogP contribution in [0.5, 0.6) is 0 Å². The first-order chi connectivity index (χ1) is 35.1. The van der Waals surface area contributed by atoms with Crippen LogP contribution >= 0.6 is 0 Å². The summed E-state index contributed by atoms with van der Waals surface area (Å²) in [4.78, 5) is 46.6. The van der Waals surface area contributed by atoms with E-state index in [1.165, 1.54) is 25.0 Å². The summed E-state index contributed by atoms with van der Waals surface area (Å²) in [6.45, 7) is 3.91. The Morgan fingerprint density at radius 1 is 0.541 bits per heavy atom. The molecule has 6 N–H and O–H groups in total. The predicted molar refractivity (Wildman–Crippen MR) is 253 cm³/mol. The molecule has 2 aliphatic carbocycles. The first kappa shape index (κ1) is 50.9. The van der Waals surface area contributed by atoms with E-state index < -0.39 is 110 Å². The van der Waals surface area contributed by atoms with Crippen LogP contribution in [0.15, 0.2) is 95.5 Å². The summed E-state index contributed by atoms with van der Waals surface area (Å²) >= 11 is 0. The molecule has 74 heavy (non-hydrogen) atoms. The quantitative estimate of drug-likeness (QED) is 0.0392. The number of nitrogens with zero attached hydrogens (tertiary/aromatic N) is 4. The van der Waals surface area contributed by atoms with Gasteiger partial charge in [-0.3, -0.25) is 19.0 Å². The molecule has 2 saturated carbocycles. The number of hydrogen-bond donors (Lipinski definition) is 6. The van der Waals surface area contributed by atoms with E-state index >= 15 is 8.78 Å². The highest BCUT2D eigenvalue weighted by Gasteiger charge is 2.33. The molecule has 8 aromatic rings. The van der Waals surface area contributed by atoms with Crippen molar-refractivity contribution in [2.45, 2.75) is 61.4 Å². The van der Waals surface area contributed by atoms with Crippen LogP contribution in [0.25, 0.3) is 22.1 Å². The van der Waals surface area contributed by atoms with Crippen molar-refractivity contribution in [3.8, 4) is 0 Å².